The number of H-pyrrole nitrogens is 1. The van der Waals surface area contributed by atoms with Gasteiger partial charge in [-0.2, -0.15) is 5.10 Å². The average molecular weight is 348 g/mol. The first-order valence-electron chi connectivity index (χ1n) is 5.30. The molecule has 0 fully saturated rings. The van der Waals surface area contributed by atoms with Crippen LogP contribution < -0.4 is 4.72 Å². The van der Waals surface area contributed by atoms with Crippen molar-refractivity contribution in [2.45, 2.75) is 18.7 Å². The van der Waals surface area contributed by atoms with E-state index in [0.717, 1.165) is 6.07 Å². The predicted molar refractivity (Wildman–Crippen MR) is 73.0 cm³/mol. The van der Waals surface area contributed by atoms with Crippen LogP contribution in [0.5, 0.6) is 0 Å². The monoisotopic (exact) mass is 347 g/mol. The van der Waals surface area contributed by atoms with Gasteiger partial charge in [0.15, 0.2) is 0 Å². The molecule has 2 rings (SSSR count). The van der Waals surface area contributed by atoms with E-state index < -0.39 is 20.7 Å². The van der Waals surface area contributed by atoms with Gasteiger partial charge in [0.25, 0.3) is 10.0 Å². The number of nitrogens with zero attached hydrogens (tertiary/aromatic N) is 1. The molecule has 1 heterocycles. The fourth-order valence-electron chi connectivity index (χ4n) is 1.58. The van der Waals surface area contributed by atoms with Crippen LogP contribution in [-0.4, -0.2) is 18.6 Å². The zero-order valence-electron chi connectivity index (χ0n) is 10.2. The molecule has 0 bridgehead atoms. The Morgan fingerprint density at radius 3 is 2.58 bits per heavy atom. The second-order valence-corrected chi connectivity index (χ2v) is 6.56. The number of hydrogen-bond acceptors (Lipinski definition) is 3. The molecule has 8 heteroatoms. The maximum absolute atomic E-state index is 13.7. The lowest BCUT2D eigenvalue weighted by atomic mass is 10.3. The summed E-state index contributed by atoms with van der Waals surface area (Å²) in [4.78, 5) is -0.407. The molecule has 1 aromatic carbocycles. The Morgan fingerprint density at radius 2 is 2.05 bits per heavy atom. The van der Waals surface area contributed by atoms with Gasteiger partial charge in [0.1, 0.15) is 10.7 Å². The van der Waals surface area contributed by atoms with Crippen LogP contribution in [0.4, 0.5) is 10.1 Å². The van der Waals surface area contributed by atoms with Crippen molar-refractivity contribution < 1.29 is 12.8 Å². The third-order valence-corrected chi connectivity index (χ3v) is 4.42. The van der Waals surface area contributed by atoms with Crippen LogP contribution in [0.15, 0.2) is 27.6 Å². The summed E-state index contributed by atoms with van der Waals surface area (Å²) in [5.41, 5.74) is 1.40. The maximum Gasteiger partial charge on any atom is 0.264 e. The second-order valence-electron chi connectivity index (χ2n) is 3.99. The van der Waals surface area contributed by atoms with Gasteiger partial charge in [-0.05, 0) is 32.0 Å². The quantitative estimate of drug-likeness (QED) is 0.896. The van der Waals surface area contributed by atoms with E-state index in [1.54, 1.807) is 13.8 Å². The maximum atomic E-state index is 13.7. The zero-order chi connectivity index (χ0) is 14.2. The van der Waals surface area contributed by atoms with Crippen molar-refractivity contribution in [3.63, 3.8) is 0 Å². The summed E-state index contributed by atoms with van der Waals surface area (Å²) in [5.74, 6) is -0.819. The molecule has 0 aliphatic carbocycles. The van der Waals surface area contributed by atoms with Crippen molar-refractivity contribution in [2.75, 3.05) is 4.72 Å². The third-order valence-electron chi connectivity index (χ3n) is 2.55. The van der Waals surface area contributed by atoms with E-state index in [9.17, 15) is 12.8 Å². The second kappa shape index (κ2) is 4.93. The number of aromatic amines is 1. The molecule has 0 saturated heterocycles. The molecule has 102 valence electrons. The number of halogens is 2. The van der Waals surface area contributed by atoms with Crippen molar-refractivity contribution in [1.29, 1.82) is 0 Å². The van der Waals surface area contributed by atoms with Gasteiger partial charge >= 0.3 is 0 Å². The molecule has 2 aromatic rings. The lowest BCUT2D eigenvalue weighted by Gasteiger charge is -2.09. The van der Waals surface area contributed by atoms with Crippen LogP contribution >= 0.6 is 15.9 Å². The number of benzene rings is 1. The molecule has 5 nitrogen and oxygen atoms in total. The van der Waals surface area contributed by atoms with E-state index >= 15 is 0 Å². The molecule has 0 atom stereocenters. The lowest BCUT2D eigenvalue weighted by molar-refractivity contribution is 0.570. The smallest absolute Gasteiger partial charge is 0.264 e. The summed E-state index contributed by atoms with van der Waals surface area (Å²) in [5, 5.41) is 6.53. The highest BCUT2D eigenvalue weighted by Gasteiger charge is 2.21. The highest BCUT2D eigenvalue weighted by Crippen LogP contribution is 2.24. The minimum Gasteiger partial charge on any atom is -0.280 e. The summed E-state index contributed by atoms with van der Waals surface area (Å²) in [6.07, 6.45) is 0. The van der Waals surface area contributed by atoms with Crippen LogP contribution in [0.3, 0.4) is 0 Å². The molecular weight excluding hydrogens is 337 g/mol. The Hall–Kier alpha value is -1.41. The Balaban J connectivity index is 2.44. The predicted octanol–water partition coefficient (Wildman–Crippen LogP) is 2.73. The first-order valence-corrected chi connectivity index (χ1v) is 7.58. The molecule has 0 amide bonds. The van der Waals surface area contributed by atoms with Crippen LogP contribution in [0.25, 0.3) is 0 Å². The normalized spacial score (nSPS) is 11.6. The van der Waals surface area contributed by atoms with Gasteiger partial charge in [-0.15, -0.1) is 0 Å². The highest BCUT2D eigenvalue weighted by molar-refractivity contribution is 9.10. The van der Waals surface area contributed by atoms with E-state index in [0.29, 0.717) is 21.5 Å². The summed E-state index contributed by atoms with van der Waals surface area (Å²) in [7, 11) is -3.98. The molecule has 0 saturated carbocycles. The van der Waals surface area contributed by atoms with Crippen LogP contribution in [0, 0.1) is 19.7 Å². The number of sulfonamides is 1. The molecular formula is C11H11BrFN3O2S. The van der Waals surface area contributed by atoms with Crippen molar-refractivity contribution >= 4 is 31.6 Å². The molecule has 0 aliphatic rings. The first-order chi connectivity index (χ1) is 8.81. The van der Waals surface area contributed by atoms with Gasteiger partial charge in [-0.1, -0.05) is 15.9 Å². The van der Waals surface area contributed by atoms with Crippen molar-refractivity contribution in [2.24, 2.45) is 0 Å². The molecule has 1 aromatic heterocycles. The lowest BCUT2D eigenvalue weighted by Crippen LogP contribution is -2.15. The van der Waals surface area contributed by atoms with Gasteiger partial charge in [0, 0.05) is 4.47 Å². The van der Waals surface area contributed by atoms with Gasteiger partial charge in [0.05, 0.1) is 17.1 Å². The molecule has 0 radical (unpaired) electrons. The Morgan fingerprint density at radius 1 is 1.37 bits per heavy atom. The van der Waals surface area contributed by atoms with Crippen molar-refractivity contribution in [3.8, 4) is 0 Å². The fraction of sp³-hybridized carbons (Fsp3) is 0.182. The number of hydrogen-bond donors (Lipinski definition) is 2. The van der Waals surface area contributed by atoms with E-state index in [1.807, 2.05) is 0 Å². The first kappa shape index (κ1) is 14.0. The topological polar surface area (TPSA) is 74.8 Å². The van der Waals surface area contributed by atoms with Gasteiger partial charge < -0.3 is 0 Å². The minimum atomic E-state index is -3.98. The number of anilines is 1. The Kier molecular flexibility index (Phi) is 3.64. The summed E-state index contributed by atoms with van der Waals surface area (Å²) < 4.78 is 40.8. The highest BCUT2D eigenvalue weighted by atomic mass is 79.9. The van der Waals surface area contributed by atoms with Gasteiger partial charge in [0.2, 0.25) is 0 Å². The summed E-state index contributed by atoms with van der Waals surface area (Å²) in [6.45, 7) is 3.33. The average Bonchev–Trinajstić information content (AvgIpc) is 2.60. The molecule has 0 unspecified atom stereocenters. The van der Waals surface area contributed by atoms with Gasteiger partial charge in [-0.25, -0.2) is 12.8 Å². The standard InChI is InChI=1S/C11H11BrFN3O2S/c1-6-11(7(2)15-14-6)16-19(17,18)10-4-3-8(12)5-9(10)13/h3-5,16H,1-2H3,(H,14,15). The van der Waals surface area contributed by atoms with E-state index in [-0.39, 0.29) is 0 Å². The summed E-state index contributed by atoms with van der Waals surface area (Å²) in [6, 6.07) is 3.77. The van der Waals surface area contributed by atoms with Crippen LogP contribution in [0.2, 0.25) is 0 Å². The SMILES string of the molecule is Cc1n[nH]c(C)c1NS(=O)(=O)c1ccc(Br)cc1F. The third kappa shape index (κ3) is 2.79. The number of rotatable bonds is 3. The molecule has 19 heavy (non-hydrogen) atoms. The molecule has 0 aliphatic heterocycles. The van der Waals surface area contributed by atoms with Crippen molar-refractivity contribution in [3.05, 3.63) is 39.9 Å². The fourth-order valence-corrected chi connectivity index (χ4v) is 3.16. The summed E-state index contributed by atoms with van der Waals surface area (Å²) >= 11 is 3.08. The molecule has 2 N–H and O–H groups in total. The zero-order valence-corrected chi connectivity index (χ0v) is 12.6. The van der Waals surface area contributed by atoms with Crippen molar-refractivity contribution in [1.82, 2.24) is 10.2 Å². The van der Waals surface area contributed by atoms with Crippen LogP contribution in [-0.2, 0) is 10.0 Å². The van der Waals surface area contributed by atoms with E-state index in [4.69, 9.17) is 0 Å². The van der Waals surface area contributed by atoms with Crippen LogP contribution in [0.1, 0.15) is 11.4 Å². The number of aryl methyl sites for hydroxylation is 2. The number of aromatic nitrogens is 2. The Labute approximate surface area is 118 Å². The minimum absolute atomic E-state index is 0.335. The number of nitrogens with one attached hydrogen (secondary N) is 2. The Bertz CT molecular complexity index is 708. The molecule has 0 spiro atoms. The van der Waals surface area contributed by atoms with E-state index in [2.05, 4.69) is 30.8 Å². The van der Waals surface area contributed by atoms with E-state index in [1.165, 1.54) is 12.1 Å². The van der Waals surface area contributed by atoms with Gasteiger partial charge in [-0.3, -0.25) is 9.82 Å². The largest absolute Gasteiger partial charge is 0.280 e.